The van der Waals surface area contributed by atoms with Gasteiger partial charge in [-0.05, 0) is 19.8 Å². The van der Waals surface area contributed by atoms with Gasteiger partial charge >= 0.3 is 0 Å². The second-order valence-electron chi connectivity index (χ2n) is 4.37. The van der Waals surface area contributed by atoms with E-state index in [0.717, 1.165) is 25.9 Å². The Morgan fingerprint density at radius 3 is 2.57 bits per heavy atom. The van der Waals surface area contributed by atoms with Crippen molar-refractivity contribution in [3.05, 3.63) is 0 Å². The summed E-state index contributed by atoms with van der Waals surface area (Å²) >= 11 is 1.99. The molecule has 1 saturated carbocycles. The quantitative estimate of drug-likeness (QED) is 0.705. The maximum Gasteiger partial charge on any atom is 0.136 e. The smallest absolute Gasteiger partial charge is 0.136 e. The highest BCUT2D eigenvalue weighted by atomic mass is 32.2. The number of carbonyl (C=O) groups excluding carboxylic acids is 1. The van der Waals surface area contributed by atoms with Gasteiger partial charge in [-0.25, -0.2) is 0 Å². The van der Waals surface area contributed by atoms with Crippen LogP contribution in [0.1, 0.15) is 33.1 Å². The van der Waals surface area contributed by atoms with Crippen molar-refractivity contribution in [3.63, 3.8) is 0 Å². The Hall–Kier alpha value is -0.0200. The maximum atomic E-state index is 11.4. The number of hydrogen-bond donors (Lipinski definition) is 0. The first kappa shape index (κ1) is 10.5. The molecule has 0 aromatic rings. The fourth-order valence-corrected chi connectivity index (χ4v) is 3.89. The van der Waals surface area contributed by atoms with E-state index in [2.05, 4.69) is 13.8 Å². The van der Waals surface area contributed by atoms with Gasteiger partial charge in [0.15, 0.2) is 0 Å². The minimum Gasteiger partial charge on any atom is -0.377 e. The molecule has 2 nitrogen and oxygen atoms in total. The first-order valence-corrected chi connectivity index (χ1v) is 6.42. The molecular weight excluding hydrogens is 196 g/mol. The molecule has 1 aliphatic carbocycles. The van der Waals surface area contributed by atoms with Gasteiger partial charge in [0.25, 0.3) is 0 Å². The van der Waals surface area contributed by atoms with Gasteiger partial charge in [-0.2, -0.15) is 11.8 Å². The van der Waals surface area contributed by atoms with E-state index >= 15 is 0 Å². The summed E-state index contributed by atoms with van der Waals surface area (Å²) in [5, 5.41) is 1.17. The van der Waals surface area contributed by atoms with Crippen molar-refractivity contribution in [1.82, 2.24) is 0 Å². The lowest BCUT2D eigenvalue weighted by molar-refractivity contribution is -0.120. The number of Topliss-reactive ketones (excluding diaryl/α,β-unsaturated/α-hetero) is 1. The minimum absolute atomic E-state index is 0.271. The summed E-state index contributed by atoms with van der Waals surface area (Å²) in [5.74, 6) is 0.724. The summed E-state index contributed by atoms with van der Waals surface area (Å²) in [4.78, 5) is 11.4. The van der Waals surface area contributed by atoms with Gasteiger partial charge in [0.1, 0.15) is 5.78 Å². The predicted molar refractivity (Wildman–Crippen MR) is 58.6 cm³/mol. The van der Waals surface area contributed by atoms with Gasteiger partial charge < -0.3 is 4.74 Å². The Balaban J connectivity index is 1.88. The van der Waals surface area contributed by atoms with Crippen LogP contribution in [0.15, 0.2) is 0 Å². The van der Waals surface area contributed by atoms with Gasteiger partial charge in [0, 0.05) is 29.4 Å². The van der Waals surface area contributed by atoms with Crippen molar-refractivity contribution in [3.8, 4) is 0 Å². The topological polar surface area (TPSA) is 26.3 Å². The second kappa shape index (κ2) is 4.23. The summed E-state index contributed by atoms with van der Waals surface area (Å²) in [6, 6.07) is 0. The van der Waals surface area contributed by atoms with E-state index in [1.54, 1.807) is 0 Å². The SMILES string of the molecule is CC1OCCC1SC1CCC(=O)C1C. The molecule has 0 aromatic carbocycles. The highest BCUT2D eigenvalue weighted by molar-refractivity contribution is 8.00. The normalized spacial score (nSPS) is 43.4. The molecule has 1 heterocycles. The number of rotatable bonds is 2. The molecule has 0 radical (unpaired) electrons. The third-order valence-corrected chi connectivity index (χ3v) is 5.36. The molecule has 2 fully saturated rings. The van der Waals surface area contributed by atoms with E-state index in [1.807, 2.05) is 11.8 Å². The molecule has 0 amide bonds. The summed E-state index contributed by atoms with van der Waals surface area (Å²) in [6.07, 6.45) is 3.40. The van der Waals surface area contributed by atoms with Crippen molar-refractivity contribution in [1.29, 1.82) is 0 Å². The first-order chi connectivity index (χ1) is 6.68. The fourth-order valence-electron chi connectivity index (χ4n) is 2.27. The number of ketones is 1. The zero-order valence-corrected chi connectivity index (χ0v) is 9.68. The average Bonchev–Trinajstić information content (AvgIpc) is 2.68. The zero-order chi connectivity index (χ0) is 10.1. The Bertz CT molecular complexity index is 229. The number of carbonyl (C=O) groups is 1. The van der Waals surface area contributed by atoms with Crippen molar-refractivity contribution >= 4 is 17.5 Å². The Kier molecular flexibility index (Phi) is 3.17. The van der Waals surface area contributed by atoms with E-state index in [0.29, 0.717) is 22.4 Å². The van der Waals surface area contributed by atoms with Crippen LogP contribution in [0.4, 0.5) is 0 Å². The average molecular weight is 214 g/mol. The summed E-state index contributed by atoms with van der Waals surface area (Å²) in [7, 11) is 0. The molecule has 1 aliphatic heterocycles. The zero-order valence-electron chi connectivity index (χ0n) is 8.86. The van der Waals surface area contributed by atoms with E-state index in [-0.39, 0.29) is 5.92 Å². The van der Waals surface area contributed by atoms with E-state index in [1.165, 1.54) is 0 Å². The maximum absolute atomic E-state index is 11.4. The number of ether oxygens (including phenoxy) is 1. The summed E-state index contributed by atoms with van der Waals surface area (Å²) < 4.78 is 5.53. The van der Waals surface area contributed by atoms with Gasteiger partial charge in [-0.3, -0.25) is 4.79 Å². The van der Waals surface area contributed by atoms with E-state index in [4.69, 9.17) is 4.74 Å². The minimum atomic E-state index is 0.271. The third-order valence-electron chi connectivity index (χ3n) is 3.40. The molecule has 3 heteroatoms. The molecule has 1 saturated heterocycles. The second-order valence-corrected chi connectivity index (χ2v) is 5.85. The Morgan fingerprint density at radius 2 is 2.07 bits per heavy atom. The first-order valence-electron chi connectivity index (χ1n) is 5.48. The Labute approximate surface area is 89.8 Å². The van der Waals surface area contributed by atoms with Crippen LogP contribution >= 0.6 is 11.8 Å². The lowest BCUT2D eigenvalue weighted by Crippen LogP contribution is -2.21. The van der Waals surface area contributed by atoms with Crippen molar-refractivity contribution in [2.45, 2.75) is 49.7 Å². The van der Waals surface area contributed by atoms with Crippen molar-refractivity contribution < 1.29 is 9.53 Å². The summed E-state index contributed by atoms with van der Waals surface area (Å²) in [5.41, 5.74) is 0. The van der Waals surface area contributed by atoms with Crippen LogP contribution in [-0.4, -0.2) is 29.0 Å². The van der Waals surface area contributed by atoms with Crippen molar-refractivity contribution in [2.24, 2.45) is 5.92 Å². The van der Waals surface area contributed by atoms with Gasteiger partial charge in [0.05, 0.1) is 6.10 Å². The largest absolute Gasteiger partial charge is 0.377 e. The third kappa shape index (κ3) is 1.98. The van der Waals surface area contributed by atoms with Crippen LogP contribution in [0.25, 0.3) is 0 Å². The summed E-state index contributed by atoms with van der Waals surface area (Å²) in [6.45, 7) is 5.12. The molecule has 4 atom stereocenters. The molecule has 80 valence electrons. The van der Waals surface area contributed by atoms with E-state index in [9.17, 15) is 4.79 Å². The molecule has 14 heavy (non-hydrogen) atoms. The molecule has 2 aliphatic rings. The van der Waals surface area contributed by atoms with Crippen LogP contribution in [0.5, 0.6) is 0 Å². The fraction of sp³-hybridized carbons (Fsp3) is 0.909. The van der Waals surface area contributed by atoms with Crippen molar-refractivity contribution in [2.75, 3.05) is 6.61 Å². The Morgan fingerprint density at radius 1 is 1.29 bits per heavy atom. The molecule has 2 rings (SSSR count). The standard InChI is InChI=1S/C11H18O2S/c1-7-9(12)3-4-10(7)14-11-5-6-13-8(11)2/h7-8,10-11H,3-6H2,1-2H3. The predicted octanol–water partition coefficient (Wildman–Crippen LogP) is 2.26. The van der Waals surface area contributed by atoms with Crippen LogP contribution < -0.4 is 0 Å². The van der Waals surface area contributed by atoms with Crippen LogP contribution in [-0.2, 0) is 9.53 Å². The molecule has 4 unspecified atom stereocenters. The van der Waals surface area contributed by atoms with Gasteiger partial charge in [0.2, 0.25) is 0 Å². The highest BCUT2D eigenvalue weighted by Gasteiger charge is 2.35. The van der Waals surface area contributed by atoms with Gasteiger partial charge in [-0.15, -0.1) is 0 Å². The van der Waals surface area contributed by atoms with Crippen LogP contribution in [0, 0.1) is 5.92 Å². The molecule has 0 bridgehead atoms. The number of hydrogen-bond acceptors (Lipinski definition) is 3. The molecular formula is C11H18O2S. The van der Waals surface area contributed by atoms with E-state index < -0.39 is 0 Å². The lowest BCUT2D eigenvalue weighted by atomic mass is 10.1. The lowest BCUT2D eigenvalue weighted by Gasteiger charge is -2.20. The number of thioether (sulfide) groups is 1. The van der Waals surface area contributed by atoms with Crippen LogP contribution in [0.3, 0.4) is 0 Å². The monoisotopic (exact) mass is 214 g/mol. The molecule has 0 aromatic heterocycles. The highest BCUT2D eigenvalue weighted by Crippen LogP contribution is 2.38. The van der Waals surface area contributed by atoms with Gasteiger partial charge in [-0.1, -0.05) is 6.92 Å². The molecule has 0 spiro atoms. The van der Waals surface area contributed by atoms with Crippen LogP contribution in [0.2, 0.25) is 0 Å². The molecule has 0 N–H and O–H groups in total.